The molecule has 0 aliphatic rings. The van der Waals surface area contributed by atoms with Crippen LogP contribution < -0.4 is 10.1 Å². The van der Waals surface area contributed by atoms with Gasteiger partial charge in [0, 0.05) is 29.1 Å². The van der Waals surface area contributed by atoms with Crippen molar-refractivity contribution in [1.29, 1.82) is 5.26 Å². The van der Waals surface area contributed by atoms with Crippen molar-refractivity contribution in [2.45, 2.75) is 33.2 Å². The summed E-state index contributed by atoms with van der Waals surface area (Å²) in [5.41, 5.74) is 2.90. The Morgan fingerprint density at radius 2 is 2.00 bits per heavy atom. The maximum absolute atomic E-state index is 12.7. The SMILES string of the molecule is CCCc1nnc(NC(=O)/C(C#N)=C\c2cn(CCOc3ccccc3C)c3ccccc23)s1. The van der Waals surface area contributed by atoms with Gasteiger partial charge >= 0.3 is 0 Å². The minimum absolute atomic E-state index is 0.00584. The molecule has 0 aliphatic heterocycles. The second-order valence-corrected chi connectivity index (χ2v) is 8.85. The van der Waals surface area contributed by atoms with Gasteiger partial charge in [0.15, 0.2) is 0 Å². The van der Waals surface area contributed by atoms with Crippen LogP contribution in [0.3, 0.4) is 0 Å². The molecule has 0 fully saturated rings. The molecule has 0 bridgehead atoms. The lowest BCUT2D eigenvalue weighted by molar-refractivity contribution is -0.112. The van der Waals surface area contributed by atoms with E-state index < -0.39 is 5.91 Å². The van der Waals surface area contributed by atoms with Gasteiger partial charge in [-0.1, -0.05) is 54.7 Å². The van der Waals surface area contributed by atoms with Crippen LogP contribution in [0.5, 0.6) is 5.75 Å². The lowest BCUT2D eigenvalue weighted by Gasteiger charge is -2.10. The van der Waals surface area contributed by atoms with Crippen molar-refractivity contribution in [2.75, 3.05) is 11.9 Å². The number of nitriles is 1. The summed E-state index contributed by atoms with van der Waals surface area (Å²) in [5.74, 6) is 0.364. The summed E-state index contributed by atoms with van der Waals surface area (Å²) >= 11 is 1.33. The molecule has 34 heavy (non-hydrogen) atoms. The van der Waals surface area contributed by atoms with Gasteiger partial charge < -0.3 is 9.30 Å². The highest BCUT2D eigenvalue weighted by molar-refractivity contribution is 7.15. The molecule has 0 spiro atoms. The zero-order chi connectivity index (χ0) is 23.9. The van der Waals surface area contributed by atoms with Gasteiger partial charge in [0.05, 0.1) is 6.54 Å². The smallest absolute Gasteiger partial charge is 0.268 e. The average Bonchev–Trinajstić information content (AvgIpc) is 3.43. The Labute approximate surface area is 202 Å². The number of carbonyl (C=O) groups excluding carboxylic acids is 1. The third-order valence-electron chi connectivity index (χ3n) is 5.32. The van der Waals surface area contributed by atoms with Crippen LogP contribution in [-0.2, 0) is 17.8 Å². The fourth-order valence-electron chi connectivity index (χ4n) is 3.64. The maximum Gasteiger partial charge on any atom is 0.268 e. The highest BCUT2D eigenvalue weighted by Gasteiger charge is 2.15. The fraction of sp³-hybridized carbons (Fsp3) is 0.231. The van der Waals surface area contributed by atoms with Gasteiger partial charge in [-0.2, -0.15) is 5.26 Å². The first-order chi connectivity index (χ1) is 16.6. The predicted molar refractivity (Wildman–Crippen MR) is 135 cm³/mol. The van der Waals surface area contributed by atoms with Gasteiger partial charge in [0.25, 0.3) is 5.91 Å². The Morgan fingerprint density at radius 1 is 1.21 bits per heavy atom. The highest BCUT2D eigenvalue weighted by atomic mass is 32.1. The minimum atomic E-state index is -0.499. The predicted octanol–water partition coefficient (Wildman–Crippen LogP) is 5.38. The number of ether oxygens (including phenoxy) is 1. The Kier molecular flexibility index (Phi) is 7.35. The molecule has 8 heteroatoms. The summed E-state index contributed by atoms with van der Waals surface area (Å²) in [5, 5.41) is 22.6. The molecule has 0 unspecified atom stereocenters. The molecule has 0 saturated heterocycles. The van der Waals surface area contributed by atoms with Crippen molar-refractivity contribution in [3.8, 4) is 11.8 Å². The van der Waals surface area contributed by atoms with Crippen molar-refractivity contribution in [3.63, 3.8) is 0 Å². The van der Waals surface area contributed by atoms with E-state index in [9.17, 15) is 10.1 Å². The first-order valence-corrected chi connectivity index (χ1v) is 11.9. The number of benzene rings is 2. The third kappa shape index (κ3) is 5.33. The van der Waals surface area contributed by atoms with E-state index in [1.807, 2.05) is 67.7 Å². The van der Waals surface area contributed by atoms with Gasteiger partial charge in [-0.3, -0.25) is 10.1 Å². The average molecular weight is 472 g/mol. The number of para-hydroxylation sites is 2. The number of nitrogens with zero attached hydrogens (tertiary/aromatic N) is 4. The van der Waals surface area contributed by atoms with Crippen LogP contribution >= 0.6 is 11.3 Å². The van der Waals surface area contributed by atoms with Crippen LogP contribution in [0.4, 0.5) is 5.13 Å². The van der Waals surface area contributed by atoms with E-state index >= 15 is 0 Å². The Hall–Kier alpha value is -3.96. The Balaban J connectivity index is 1.53. The van der Waals surface area contributed by atoms with Crippen molar-refractivity contribution in [1.82, 2.24) is 14.8 Å². The summed E-state index contributed by atoms with van der Waals surface area (Å²) in [6.45, 7) is 5.20. The lowest BCUT2D eigenvalue weighted by atomic mass is 10.1. The third-order valence-corrected chi connectivity index (χ3v) is 6.22. The summed E-state index contributed by atoms with van der Waals surface area (Å²) in [4.78, 5) is 12.7. The van der Waals surface area contributed by atoms with Crippen LogP contribution in [0.25, 0.3) is 17.0 Å². The number of carbonyl (C=O) groups is 1. The van der Waals surface area contributed by atoms with Crippen LogP contribution in [0.2, 0.25) is 0 Å². The standard InChI is InChI=1S/C26H25N5O2S/c1-3-8-24-29-30-26(34-24)28-25(32)19(16-27)15-20-17-31(22-11-6-5-10-21(20)22)13-14-33-23-12-7-4-9-18(23)2/h4-7,9-12,15,17H,3,8,13-14H2,1-2H3,(H,28,30,32)/b19-15-. The molecule has 2 aromatic heterocycles. The topological polar surface area (TPSA) is 92.8 Å². The molecule has 172 valence electrons. The number of amides is 1. The monoisotopic (exact) mass is 471 g/mol. The van der Waals surface area contributed by atoms with Crippen molar-refractivity contribution in [2.24, 2.45) is 0 Å². The molecular formula is C26H25N5O2S. The van der Waals surface area contributed by atoms with E-state index in [0.717, 1.165) is 45.6 Å². The second-order valence-electron chi connectivity index (χ2n) is 7.78. The number of aromatic nitrogens is 3. The molecule has 0 aliphatic carbocycles. The van der Waals surface area contributed by atoms with E-state index in [1.54, 1.807) is 6.08 Å². The van der Waals surface area contributed by atoms with Crippen LogP contribution in [0, 0.1) is 18.3 Å². The van der Waals surface area contributed by atoms with Gasteiger partial charge in [-0.15, -0.1) is 10.2 Å². The number of aryl methyl sites for hydroxylation is 2. The number of nitrogens with one attached hydrogen (secondary N) is 1. The minimum Gasteiger partial charge on any atom is -0.491 e. The molecule has 7 nitrogen and oxygen atoms in total. The lowest BCUT2D eigenvalue weighted by Crippen LogP contribution is -2.13. The van der Waals surface area contributed by atoms with Gasteiger partial charge in [0.2, 0.25) is 5.13 Å². The summed E-state index contributed by atoms with van der Waals surface area (Å²) in [6, 6.07) is 17.8. The van der Waals surface area contributed by atoms with Crippen LogP contribution in [0.15, 0.2) is 60.3 Å². The number of rotatable bonds is 9. The molecule has 0 radical (unpaired) electrons. The van der Waals surface area contributed by atoms with Crippen molar-refractivity contribution < 1.29 is 9.53 Å². The Morgan fingerprint density at radius 3 is 2.79 bits per heavy atom. The molecule has 2 heterocycles. The molecule has 1 N–H and O–H groups in total. The van der Waals surface area contributed by atoms with E-state index in [0.29, 0.717) is 18.3 Å². The fourth-order valence-corrected chi connectivity index (χ4v) is 4.47. The van der Waals surface area contributed by atoms with E-state index in [4.69, 9.17) is 4.74 Å². The first kappa shape index (κ1) is 23.2. The van der Waals surface area contributed by atoms with Gasteiger partial charge in [-0.25, -0.2) is 0 Å². The normalized spacial score (nSPS) is 11.4. The molecule has 0 saturated carbocycles. The number of anilines is 1. The van der Waals surface area contributed by atoms with E-state index in [1.165, 1.54) is 11.3 Å². The van der Waals surface area contributed by atoms with Crippen LogP contribution in [-0.4, -0.2) is 27.3 Å². The van der Waals surface area contributed by atoms with Crippen molar-refractivity contribution in [3.05, 3.63) is 76.4 Å². The molecule has 0 atom stereocenters. The zero-order valence-electron chi connectivity index (χ0n) is 19.1. The molecule has 2 aromatic carbocycles. The summed E-state index contributed by atoms with van der Waals surface area (Å²) < 4.78 is 8.04. The second kappa shape index (κ2) is 10.8. The number of hydrogen-bond donors (Lipinski definition) is 1. The van der Waals surface area contributed by atoms with Crippen molar-refractivity contribution >= 4 is 39.4 Å². The number of fused-ring (bicyclic) bond motifs is 1. The van der Waals surface area contributed by atoms with E-state index in [2.05, 4.69) is 27.0 Å². The quantitative estimate of drug-likeness (QED) is 0.261. The van der Waals surface area contributed by atoms with E-state index in [-0.39, 0.29) is 5.57 Å². The zero-order valence-corrected chi connectivity index (χ0v) is 19.9. The number of hydrogen-bond acceptors (Lipinski definition) is 6. The summed E-state index contributed by atoms with van der Waals surface area (Å²) in [7, 11) is 0. The molecule has 1 amide bonds. The maximum atomic E-state index is 12.7. The first-order valence-electron chi connectivity index (χ1n) is 11.1. The Bertz CT molecular complexity index is 1380. The van der Waals surface area contributed by atoms with Gasteiger partial charge in [0.1, 0.15) is 29.0 Å². The van der Waals surface area contributed by atoms with Crippen LogP contribution in [0.1, 0.15) is 29.5 Å². The highest BCUT2D eigenvalue weighted by Crippen LogP contribution is 2.25. The largest absolute Gasteiger partial charge is 0.491 e. The molecule has 4 aromatic rings. The molecular weight excluding hydrogens is 446 g/mol. The van der Waals surface area contributed by atoms with Gasteiger partial charge in [-0.05, 0) is 37.1 Å². The summed E-state index contributed by atoms with van der Waals surface area (Å²) in [6.07, 6.45) is 5.32. The molecule has 4 rings (SSSR count).